The predicted molar refractivity (Wildman–Crippen MR) is 202 cm³/mol. The number of phosphoric ester groups is 2. The van der Waals surface area contributed by atoms with E-state index in [4.69, 9.17) is 18.1 Å². The zero-order valence-corrected chi connectivity index (χ0v) is 32.9. The first-order chi connectivity index (χ1) is 23.6. The van der Waals surface area contributed by atoms with Crippen LogP contribution in [0.4, 0.5) is 0 Å². The average molecular weight is 725 g/mol. The van der Waals surface area contributed by atoms with Gasteiger partial charge in [0.15, 0.2) is 0 Å². The third-order valence-electron chi connectivity index (χ3n) is 8.83. The molecule has 2 N–H and O–H groups in total. The first-order valence-electron chi connectivity index (χ1n) is 19.1. The Kier molecular flexibility index (Phi) is 21.8. The van der Waals surface area contributed by atoms with Gasteiger partial charge in [0.05, 0.1) is 12.7 Å². The van der Waals surface area contributed by atoms with Crippen molar-refractivity contribution in [3.63, 3.8) is 0 Å². The van der Waals surface area contributed by atoms with E-state index >= 15 is 0 Å². The molecule has 0 radical (unpaired) electrons. The largest absolute Gasteiger partial charge is 0.527 e. The average Bonchev–Trinajstić information content (AvgIpc) is 3.05. The SMILES string of the molecule is CCCCCCc1cccc(OP(=O)(O)OCC(C)OP(=O)(O)Oc2cccc(CCCCCC)c2CCCCCC)c1CCCCCC. The van der Waals surface area contributed by atoms with Crippen LogP contribution < -0.4 is 9.05 Å². The number of hydrogen-bond donors (Lipinski definition) is 2. The molecule has 3 unspecified atom stereocenters. The molecule has 10 heteroatoms. The zero-order chi connectivity index (χ0) is 36.0. The summed E-state index contributed by atoms with van der Waals surface area (Å²) in [5.41, 5.74) is 4.16. The molecule has 0 saturated carbocycles. The van der Waals surface area contributed by atoms with Crippen LogP contribution in [0.1, 0.15) is 160 Å². The fraction of sp³-hybridized carbons (Fsp3) is 0.692. The molecule has 0 spiro atoms. The van der Waals surface area contributed by atoms with Crippen LogP contribution in [0.15, 0.2) is 36.4 Å². The Hall–Kier alpha value is -1.66. The lowest BCUT2D eigenvalue weighted by molar-refractivity contribution is 0.0877. The molecule has 280 valence electrons. The lowest BCUT2D eigenvalue weighted by Gasteiger charge is -2.22. The van der Waals surface area contributed by atoms with Crippen molar-refractivity contribution in [3.8, 4) is 11.5 Å². The van der Waals surface area contributed by atoms with Crippen molar-refractivity contribution in [2.24, 2.45) is 0 Å². The molecule has 2 aromatic rings. The van der Waals surface area contributed by atoms with E-state index in [0.717, 1.165) is 138 Å². The van der Waals surface area contributed by atoms with Gasteiger partial charge in [0.2, 0.25) is 0 Å². The normalized spacial score (nSPS) is 14.7. The van der Waals surface area contributed by atoms with Crippen LogP contribution in [0.2, 0.25) is 0 Å². The molecule has 0 amide bonds. The minimum Gasteiger partial charge on any atom is -0.404 e. The van der Waals surface area contributed by atoms with Gasteiger partial charge >= 0.3 is 15.6 Å². The van der Waals surface area contributed by atoms with Crippen molar-refractivity contribution >= 4 is 15.6 Å². The molecule has 8 nitrogen and oxygen atoms in total. The Labute approximate surface area is 297 Å². The highest BCUT2D eigenvalue weighted by Gasteiger charge is 2.31. The van der Waals surface area contributed by atoms with Gasteiger partial charge in [-0.25, -0.2) is 9.13 Å². The van der Waals surface area contributed by atoms with Crippen molar-refractivity contribution in [2.45, 2.75) is 169 Å². The molecule has 0 aliphatic carbocycles. The number of hydrogen-bond acceptors (Lipinski definition) is 6. The number of aryl methyl sites for hydroxylation is 2. The Bertz CT molecular complexity index is 1280. The predicted octanol–water partition coefficient (Wildman–Crippen LogP) is 12.3. The van der Waals surface area contributed by atoms with Crippen LogP contribution in [-0.2, 0) is 43.9 Å². The van der Waals surface area contributed by atoms with Gasteiger partial charge in [-0.05, 0) is 92.7 Å². The second-order valence-electron chi connectivity index (χ2n) is 13.4. The number of rotatable bonds is 29. The van der Waals surface area contributed by atoms with Crippen molar-refractivity contribution in [2.75, 3.05) is 6.61 Å². The van der Waals surface area contributed by atoms with E-state index in [1.54, 1.807) is 12.1 Å². The molecule has 2 rings (SSSR count). The lowest BCUT2D eigenvalue weighted by Crippen LogP contribution is -2.17. The summed E-state index contributed by atoms with van der Waals surface area (Å²) >= 11 is 0. The van der Waals surface area contributed by atoms with E-state index in [1.165, 1.54) is 19.8 Å². The molecule has 0 bridgehead atoms. The number of unbranched alkanes of at least 4 members (excludes halogenated alkanes) is 12. The summed E-state index contributed by atoms with van der Waals surface area (Å²) in [5.74, 6) is 0.696. The highest BCUT2D eigenvalue weighted by molar-refractivity contribution is 7.48. The summed E-state index contributed by atoms with van der Waals surface area (Å²) in [6.07, 6.45) is 19.9. The van der Waals surface area contributed by atoms with Crippen LogP contribution in [0, 0.1) is 0 Å². The van der Waals surface area contributed by atoms with Crippen molar-refractivity contribution < 1.29 is 37.0 Å². The molecule has 0 aromatic heterocycles. The summed E-state index contributed by atoms with van der Waals surface area (Å²) in [4.78, 5) is 21.5. The van der Waals surface area contributed by atoms with E-state index in [0.29, 0.717) is 11.5 Å². The minimum absolute atomic E-state index is 0.348. The van der Waals surface area contributed by atoms with Crippen LogP contribution in [0.25, 0.3) is 0 Å². The molecule has 0 aliphatic heterocycles. The maximum atomic E-state index is 13.2. The molecule has 0 aliphatic rings. The molecular weight excluding hydrogens is 658 g/mol. The van der Waals surface area contributed by atoms with E-state index in [2.05, 4.69) is 39.8 Å². The van der Waals surface area contributed by atoms with Crippen molar-refractivity contribution in [1.82, 2.24) is 0 Å². The maximum Gasteiger partial charge on any atom is 0.527 e. The summed E-state index contributed by atoms with van der Waals surface area (Å²) in [7, 11) is -9.16. The van der Waals surface area contributed by atoms with Gasteiger partial charge < -0.3 is 9.05 Å². The molecule has 49 heavy (non-hydrogen) atoms. The van der Waals surface area contributed by atoms with E-state index < -0.39 is 28.4 Å². The van der Waals surface area contributed by atoms with Gasteiger partial charge in [-0.15, -0.1) is 0 Å². The van der Waals surface area contributed by atoms with Gasteiger partial charge in [0.1, 0.15) is 11.5 Å². The Morgan fingerprint density at radius 1 is 0.551 bits per heavy atom. The van der Waals surface area contributed by atoms with Crippen molar-refractivity contribution in [3.05, 3.63) is 58.7 Å². The standard InChI is InChI=1S/C39H66O8P2/c1-6-10-14-18-24-34-26-22-30-38(36(34)28-20-16-12-8-3)46-48(40,41)44-32-33(5)45-49(42,43)47-39-31-23-27-35(25-19-15-11-7-2)37(39)29-21-17-13-9-4/h22-23,26-27,30-31,33H,6-21,24-25,28-29,32H2,1-5H3,(H,40,41)(H,42,43). The second-order valence-corrected chi connectivity index (χ2v) is 16.1. The molecule has 0 heterocycles. The Balaban J connectivity index is 2.09. The number of benzene rings is 2. The van der Waals surface area contributed by atoms with Gasteiger partial charge in [0.25, 0.3) is 0 Å². The highest BCUT2D eigenvalue weighted by Crippen LogP contribution is 2.49. The summed E-state index contributed by atoms with van der Waals surface area (Å²) in [6, 6.07) is 11.3. The highest BCUT2D eigenvalue weighted by atomic mass is 31.2. The van der Waals surface area contributed by atoms with Gasteiger partial charge in [-0.2, -0.15) is 0 Å². The fourth-order valence-electron chi connectivity index (χ4n) is 6.12. The summed E-state index contributed by atoms with van der Waals surface area (Å²) < 4.78 is 48.3. The first kappa shape index (κ1) is 43.5. The Morgan fingerprint density at radius 2 is 0.939 bits per heavy atom. The zero-order valence-electron chi connectivity index (χ0n) is 31.1. The van der Waals surface area contributed by atoms with E-state index in [1.807, 2.05) is 12.1 Å². The third-order valence-corrected chi connectivity index (χ3v) is 10.8. The first-order valence-corrected chi connectivity index (χ1v) is 22.1. The Morgan fingerprint density at radius 3 is 1.35 bits per heavy atom. The van der Waals surface area contributed by atoms with E-state index in [-0.39, 0.29) is 0 Å². The molecular formula is C39H66O8P2. The maximum absolute atomic E-state index is 13.2. The smallest absolute Gasteiger partial charge is 0.404 e. The summed E-state index contributed by atoms with van der Waals surface area (Å²) in [5, 5.41) is 0. The fourth-order valence-corrected chi connectivity index (χ4v) is 7.97. The third kappa shape index (κ3) is 17.9. The van der Waals surface area contributed by atoms with E-state index in [9.17, 15) is 18.9 Å². The van der Waals surface area contributed by atoms with Gasteiger partial charge in [-0.1, -0.05) is 129 Å². The second kappa shape index (κ2) is 24.5. The minimum atomic E-state index is -4.59. The molecule has 2 aromatic carbocycles. The van der Waals surface area contributed by atoms with Gasteiger partial charge in [0, 0.05) is 0 Å². The monoisotopic (exact) mass is 724 g/mol. The quantitative estimate of drug-likeness (QED) is 0.0630. The molecule has 0 fully saturated rings. The number of phosphoric acid groups is 2. The molecule has 0 saturated heterocycles. The lowest BCUT2D eigenvalue weighted by atomic mass is 9.96. The van der Waals surface area contributed by atoms with Crippen LogP contribution in [-0.4, -0.2) is 22.5 Å². The van der Waals surface area contributed by atoms with Crippen molar-refractivity contribution in [1.29, 1.82) is 0 Å². The topological polar surface area (TPSA) is 112 Å². The van der Waals surface area contributed by atoms with Gasteiger partial charge in [-0.3, -0.25) is 18.8 Å². The van der Waals surface area contributed by atoms with Crippen LogP contribution >= 0.6 is 15.6 Å². The summed E-state index contributed by atoms with van der Waals surface area (Å²) in [6.45, 7) is 9.77. The molecule has 3 atom stereocenters. The van der Waals surface area contributed by atoms with Crippen LogP contribution in [0.3, 0.4) is 0 Å². The van der Waals surface area contributed by atoms with Crippen LogP contribution in [0.5, 0.6) is 11.5 Å².